The highest BCUT2D eigenvalue weighted by atomic mass is 127. The minimum absolute atomic E-state index is 0.0757. The lowest BCUT2D eigenvalue weighted by Crippen LogP contribution is -2.59. The molecule has 0 radical (unpaired) electrons. The predicted molar refractivity (Wildman–Crippen MR) is 142 cm³/mol. The standard InChI is InChI=1S/C29H33IN2O2/c1-4-12-29(34)13-11-23-22-10-5-19-14-24-18(17-31-32(24)21-8-6-20(30)7-9-21)15-27(19,2)26(22)25(33)16-28(23,29)3/h6-9,14,17,22-23,25-26,33-34H,5,10-11,13,15-16H2,1-3H3/t22-,23-,25-,26+,27-,28-,29-/m0/s1. The van der Waals surface area contributed by atoms with Gasteiger partial charge in [-0.25, -0.2) is 4.68 Å². The van der Waals surface area contributed by atoms with Crippen LogP contribution in [0.4, 0.5) is 0 Å². The van der Waals surface area contributed by atoms with E-state index in [1.54, 1.807) is 0 Å². The Morgan fingerprint density at radius 1 is 1.18 bits per heavy atom. The van der Waals surface area contributed by atoms with Crippen molar-refractivity contribution in [3.63, 3.8) is 0 Å². The first-order valence-electron chi connectivity index (χ1n) is 12.6. The third-order valence-corrected chi connectivity index (χ3v) is 10.7. The molecule has 1 aromatic heterocycles. The van der Waals surface area contributed by atoms with Gasteiger partial charge >= 0.3 is 0 Å². The van der Waals surface area contributed by atoms with Crippen LogP contribution in [-0.2, 0) is 6.42 Å². The van der Waals surface area contributed by atoms with Crippen LogP contribution in [0.15, 0.2) is 36.0 Å². The molecular formula is C29H33IN2O2. The number of hydrogen-bond donors (Lipinski definition) is 2. The van der Waals surface area contributed by atoms with E-state index in [1.165, 1.54) is 20.4 Å². The highest BCUT2D eigenvalue weighted by Crippen LogP contribution is 2.67. The maximum Gasteiger partial charge on any atom is 0.131 e. The van der Waals surface area contributed by atoms with Gasteiger partial charge in [0, 0.05) is 8.99 Å². The molecule has 2 N–H and O–H groups in total. The van der Waals surface area contributed by atoms with Crippen LogP contribution in [0.2, 0.25) is 0 Å². The zero-order valence-corrected chi connectivity index (χ0v) is 22.3. The van der Waals surface area contributed by atoms with Crippen LogP contribution in [0.3, 0.4) is 0 Å². The summed E-state index contributed by atoms with van der Waals surface area (Å²) >= 11 is 2.33. The maximum absolute atomic E-state index is 11.7. The van der Waals surface area contributed by atoms with E-state index in [2.05, 4.69) is 83.3 Å². The van der Waals surface area contributed by atoms with Gasteiger partial charge in [0.05, 0.1) is 23.7 Å². The highest BCUT2D eigenvalue weighted by molar-refractivity contribution is 14.1. The number of rotatable bonds is 1. The Hall–Kier alpha value is -1.62. The average molecular weight is 568 g/mol. The molecule has 0 spiro atoms. The SMILES string of the molecule is CC#C[C@]1(O)CC[C@H]2[C@@H]3CCC4=Cc5c(cnn5-c5ccc(I)cc5)C[C@]4(C)[C@H]3[C@@H](O)C[C@@]21C. The number of benzene rings is 1. The van der Waals surface area contributed by atoms with Gasteiger partial charge in [-0.15, -0.1) is 5.92 Å². The van der Waals surface area contributed by atoms with Gasteiger partial charge in [-0.2, -0.15) is 5.10 Å². The van der Waals surface area contributed by atoms with Crippen LogP contribution < -0.4 is 0 Å². The van der Waals surface area contributed by atoms with E-state index in [4.69, 9.17) is 5.10 Å². The van der Waals surface area contributed by atoms with E-state index in [9.17, 15) is 10.2 Å². The van der Waals surface area contributed by atoms with Gasteiger partial charge < -0.3 is 10.2 Å². The molecule has 34 heavy (non-hydrogen) atoms. The summed E-state index contributed by atoms with van der Waals surface area (Å²) in [5.74, 6) is 7.15. The molecule has 0 unspecified atom stereocenters. The van der Waals surface area contributed by atoms with Gasteiger partial charge in [0.2, 0.25) is 0 Å². The van der Waals surface area contributed by atoms with Crippen LogP contribution in [-0.4, -0.2) is 31.7 Å². The van der Waals surface area contributed by atoms with Gasteiger partial charge in [0.1, 0.15) is 5.60 Å². The Bertz CT molecular complexity index is 1240. The molecule has 6 rings (SSSR count). The molecule has 0 amide bonds. The second-order valence-electron chi connectivity index (χ2n) is 11.5. The molecule has 5 heteroatoms. The third kappa shape index (κ3) is 3.01. The lowest BCUT2D eigenvalue weighted by molar-refractivity contribution is -0.152. The monoisotopic (exact) mass is 568 g/mol. The minimum atomic E-state index is -0.982. The molecule has 0 saturated heterocycles. The first-order chi connectivity index (χ1) is 16.2. The smallest absolute Gasteiger partial charge is 0.131 e. The molecule has 178 valence electrons. The summed E-state index contributed by atoms with van der Waals surface area (Å²) < 4.78 is 3.28. The van der Waals surface area contributed by atoms with Gasteiger partial charge in [-0.3, -0.25) is 0 Å². The molecule has 1 heterocycles. The largest absolute Gasteiger partial charge is 0.393 e. The molecule has 0 bridgehead atoms. The molecule has 2 aromatic rings. The lowest BCUT2D eigenvalue weighted by atomic mass is 9.45. The summed E-state index contributed by atoms with van der Waals surface area (Å²) in [7, 11) is 0. The fourth-order valence-electron chi connectivity index (χ4n) is 8.39. The van der Waals surface area contributed by atoms with E-state index >= 15 is 0 Å². The predicted octanol–water partition coefficient (Wildman–Crippen LogP) is 5.38. The summed E-state index contributed by atoms with van der Waals surface area (Å²) in [6, 6.07) is 8.50. The van der Waals surface area contributed by atoms with Crippen molar-refractivity contribution in [2.75, 3.05) is 0 Å². The van der Waals surface area contributed by atoms with Crippen molar-refractivity contribution in [2.45, 2.75) is 71.0 Å². The summed E-state index contributed by atoms with van der Waals surface area (Å²) in [5, 5.41) is 27.9. The number of aromatic nitrogens is 2. The number of aliphatic hydroxyl groups excluding tert-OH is 1. The van der Waals surface area contributed by atoms with E-state index in [0.29, 0.717) is 18.3 Å². The molecular weight excluding hydrogens is 535 g/mol. The van der Waals surface area contributed by atoms with E-state index < -0.39 is 11.7 Å². The highest BCUT2D eigenvalue weighted by Gasteiger charge is 2.66. The lowest BCUT2D eigenvalue weighted by Gasteiger charge is -2.60. The first kappa shape index (κ1) is 22.8. The van der Waals surface area contributed by atoms with Gasteiger partial charge in [-0.05, 0) is 127 Å². The Morgan fingerprint density at radius 2 is 1.94 bits per heavy atom. The second-order valence-corrected chi connectivity index (χ2v) is 12.8. The summed E-state index contributed by atoms with van der Waals surface area (Å²) in [5.41, 5.74) is 3.60. The minimum Gasteiger partial charge on any atom is -0.393 e. The van der Waals surface area contributed by atoms with E-state index in [0.717, 1.165) is 37.8 Å². The second kappa shape index (κ2) is 7.69. The quantitative estimate of drug-likeness (QED) is 0.359. The zero-order valence-electron chi connectivity index (χ0n) is 20.2. The van der Waals surface area contributed by atoms with Crippen LogP contribution in [0, 0.1) is 44.0 Å². The number of nitrogens with zero attached hydrogens (tertiary/aromatic N) is 2. The van der Waals surface area contributed by atoms with Crippen LogP contribution in [0.5, 0.6) is 0 Å². The van der Waals surface area contributed by atoms with Crippen LogP contribution >= 0.6 is 22.6 Å². The number of hydrogen-bond acceptors (Lipinski definition) is 3. The zero-order chi connectivity index (χ0) is 23.9. The Morgan fingerprint density at radius 3 is 2.68 bits per heavy atom. The van der Waals surface area contributed by atoms with Gasteiger partial charge in [-0.1, -0.05) is 25.3 Å². The maximum atomic E-state index is 11.7. The van der Waals surface area contributed by atoms with Crippen LogP contribution in [0.1, 0.15) is 64.1 Å². The molecule has 4 aliphatic rings. The number of halogens is 1. The fraction of sp³-hybridized carbons (Fsp3) is 0.552. The van der Waals surface area contributed by atoms with Gasteiger partial charge in [0.25, 0.3) is 0 Å². The van der Waals surface area contributed by atoms with Crippen molar-refractivity contribution in [1.29, 1.82) is 0 Å². The van der Waals surface area contributed by atoms with Crippen molar-refractivity contribution in [1.82, 2.24) is 9.78 Å². The van der Waals surface area contributed by atoms with Crippen molar-refractivity contribution in [3.05, 3.63) is 50.9 Å². The number of aliphatic hydroxyl groups is 2. The molecule has 3 saturated carbocycles. The van der Waals surface area contributed by atoms with Crippen molar-refractivity contribution < 1.29 is 10.2 Å². The number of allylic oxidation sites excluding steroid dienone is 1. The Kier molecular flexibility index (Phi) is 5.16. The Labute approximate surface area is 216 Å². The average Bonchev–Trinajstić information content (AvgIpc) is 3.30. The molecule has 4 nitrogen and oxygen atoms in total. The summed E-state index contributed by atoms with van der Waals surface area (Å²) in [4.78, 5) is 0. The number of fused-ring (bicyclic) bond motifs is 6. The van der Waals surface area contributed by atoms with Crippen molar-refractivity contribution >= 4 is 28.7 Å². The van der Waals surface area contributed by atoms with E-state index in [1.807, 2.05) is 13.1 Å². The van der Waals surface area contributed by atoms with Crippen molar-refractivity contribution in [2.24, 2.45) is 28.6 Å². The Balaban J connectivity index is 1.38. The van der Waals surface area contributed by atoms with Crippen LogP contribution in [0.25, 0.3) is 11.8 Å². The normalized spacial score (nSPS) is 40.2. The molecule has 1 aromatic carbocycles. The van der Waals surface area contributed by atoms with Crippen molar-refractivity contribution in [3.8, 4) is 17.5 Å². The third-order valence-electron chi connectivity index (χ3n) is 9.98. The molecule has 7 atom stereocenters. The first-order valence-corrected chi connectivity index (χ1v) is 13.7. The topological polar surface area (TPSA) is 58.3 Å². The van der Waals surface area contributed by atoms with Gasteiger partial charge in [0.15, 0.2) is 0 Å². The summed E-state index contributed by atoms with van der Waals surface area (Å²) in [6.45, 7) is 6.37. The molecule has 3 fully saturated rings. The summed E-state index contributed by atoms with van der Waals surface area (Å²) in [6.07, 6.45) is 9.35. The van der Waals surface area contributed by atoms with E-state index in [-0.39, 0.29) is 16.7 Å². The fourth-order valence-corrected chi connectivity index (χ4v) is 8.75. The molecule has 0 aliphatic heterocycles. The molecule has 4 aliphatic carbocycles.